The Morgan fingerprint density at radius 2 is 1.36 bits per heavy atom. The summed E-state index contributed by atoms with van der Waals surface area (Å²) in [6.45, 7) is 2.10. The summed E-state index contributed by atoms with van der Waals surface area (Å²) in [4.78, 5) is 143. The molecule has 28 nitrogen and oxygen atoms in total. The van der Waals surface area contributed by atoms with Crippen molar-refractivity contribution in [2.75, 3.05) is 19.7 Å². The Morgan fingerprint density at radius 1 is 0.765 bits per heavy atom. The number of carboxylic acid groups (broad SMARTS) is 1. The van der Waals surface area contributed by atoms with Gasteiger partial charge in [0, 0.05) is 61.2 Å². The number of amides is 9. The van der Waals surface area contributed by atoms with Crippen LogP contribution in [-0.4, -0.2) is 164 Å². The number of fused-ring (bicyclic) bond motifs is 1. The largest absolute Gasteiger partial charge is 0.508 e. The highest BCUT2D eigenvalue weighted by Crippen LogP contribution is 2.20. The number of aliphatic hydroxyl groups excluding tert-OH is 1. The number of aromatic nitrogens is 3. The first-order valence-corrected chi connectivity index (χ1v) is 25.2. The number of aliphatic hydroxyl groups is 1. The first-order chi connectivity index (χ1) is 38.2. The molecular weight excluding hydrogens is 1080 g/mol. The van der Waals surface area contributed by atoms with Gasteiger partial charge in [-0.2, -0.15) is 13.2 Å². The van der Waals surface area contributed by atoms with E-state index in [2.05, 4.69) is 62.5 Å². The van der Waals surface area contributed by atoms with E-state index in [1.165, 1.54) is 36.8 Å². The zero-order valence-electron chi connectivity index (χ0n) is 43.9. The molecule has 3 heterocycles. The number of para-hydroxylation sites is 1. The molecule has 1 aliphatic rings. The molecule has 19 N–H and O–H groups in total. The first-order valence-electron chi connectivity index (χ1n) is 25.2. The molecule has 7 atom stereocenters. The van der Waals surface area contributed by atoms with Crippen LogP contribution in [0.2, 0.25) is 0 Å². The number of hydrogen-bond acceptors (Lipinski definition) is 14. The SMILES string of the molecule is CC(C)C[C@H](NC(=O)CNC(=O)[C@H](Cc1ccc(O)cc1)NC(=O)[C@H](CO)NC(=O)[C@H](Cc1c[nH]c2ccccc12)NC(=O)[C@H](Cc1cnc[nH]1)NC(=O)[C@@H]1CCC(=O)N1)C(=O)N[C@@H](CCCN=C(N)N)C(N)=O.O=C(O)C(F)(F)F. The molecule has 2 aromatic heterocycles. The smallest absolute Gasteiger partial charge is 0.490 e. The molecule has 0 unspecified atom stereocenters. The van der Waals surface area contributed by atoms with Crippen LogP contribution in [0.1, 0.15) is 62.8 Å². The number of aliphatic carboxylic acids is 1. The Bertz CT molecular complexity index is 2860. The number of hydrogen-bond donors (Lipinski definition) is 16. The van der Waals surface area contributed by atoms with Crippen LogP contribution < -0.4 is 59.7 Å². The topological polar surface area (TPSA) is 463 Å². The van der Waals surface area contributed by atoms with Crippen LogP contribution in [0, 0.1) is 5.92 Å². The zero-order valence-corrected chi connectivity index (χ0v) is 43.9. The highest BCUT2D eigenvalue weighted by Gasteiger charge is 2.39. The van der Waals surface area contributed by atoms with Crippen molar-refractivity contribution in [2.45, 2.75) is 114 Å². The van der Waals surface area contributed by atoms with E-state index in [4.69, 9.17) is 27.1 Å². The van der Waals surface area contributed by atoms with E-state index < -0.39 is 115 Å². The predicted octanol–water partition coefficient (Wildman–Crippen LogP) is -2.86. The number of carbonyl (C=O) groups excluding carboxylic acids is 9. The van der Waals surface area contributed by atoms with Crippen molar-refractivity contribution in [3.63, 3.8) is 0 Å². The van der Waals surface area contributed by atoms with Gasteiger partial charge in [0.15, 0.2) is 5.96 Å². The standard InChI is InChI=1S/C48H65N15O11.C2HF3O2/c1-25(2)16-34(44(71)59-32(41(49)68)8-5-15-53-48(50)51)58-40(67)22-55-42(69)35(17-26-9-11-29(65)12-10-26)60-47(74)38(23-64)63-45(72)36(18-27-20-54-31-7-4-3-6-30(27)31)61-46(73)37(19-28-21-52-24-56-28)62-43(70)33-13-14-39(66)57-33;3-2(4,5)1(6)7/h3-4,6-7,9-12,20-21,24-25,32-38,54,64-65H,5,8,13-19,22-23H2,1-2H3,(H2,49,68)(H,52,56)(H,55,69)(H,57,66)(H,58,67)(H,59,71)(H,60,74)(H,61,73)(H,62,70)(H,63,72)(H4,50,51,53);(H,6,7)/t32-,33-,34-,35-,36-,37-,38-;/m0./s1. The van der Waals surface area contributed by atoms with Crippen LogP contribution in [0.3, 0.4) is 0 Å². The van der Waals surface area contributed by atoms with Gasteiger partial charge in [0.2, 0.25) is 53.2 Å². The number of aromatic amines is 2. The number of carbonyl (C=O) groups is 10. The third-order valence-electron chi connectivity index (χ3n) is 12.1. The summed E-state index contributed by atoms with van der Waals surface area (Å²) in [6.07, 6.45) is -0.196. The molecular formula is C50H66F3N15O13. The molecule has 1 fully saturated rings. The highest BCUT2D eigenvalue weighted by atomic mass is 19.4. The molecule has 9 amide bonds. The van der Waals surface area contributed by atoms with Crippen molar-refractivity contribution in [1.29, 1.82) is 0 Å². The lowest BCUT2D eigenvalue weighted by Crippen LogP contribution is -2.60. The quantitative estimate of drug-likeness (QED) is 0.0155. The second-order valence-corrected chi connectivity index (χ2v) is 19.0. The Kier molecular flexibility index (Phi) is 24.4. The number of phenolic OH excluding ortho intramolecular Hbond substituents is 1. The van der Waals surface area contributed by atoms with Gasteiger partial charge in [0.1, 0.15) is 48.0 Å². The molecule has 0 bridgehead atoms. The molecule has 440 valence electrons. The van der Waals surface area contributed by atoms with Gasteiger partial charge in [-0.3, -0.25) is 48.1 Å². The Labute approximate surface area is 460 Å². The number of halogens is 3. The lowest BCUT2D eigenvalue weighted by atomic mass is 10.0. The number of nitrogens with zero attached hydrogens (tertiary/aromatic N) is 2. The van der Waals surface area contributed by atoms with Crippen LogP contribution in [-0.2, 0) is 67.2 Å². The fourth-order valence-corrected chi connectivity index (χ4v) is 8.03. The van der Waals surface area contributed by atoms with Gasteiger partial charge in [0.25, 0.3) is 0 Å². The number of nitrogens with one attached hydrogen (secondary N) is 10. The predicted molar refractivity (Wildman–Crippen MR) is 281 cm³/mol. The fraction of sp³-hybridized carbons (Fsp3) is 0.440. The third-order valence-corrected chi connectivity index (χ3v) is 12.1. The number of imidazole rings is 1. The second-order valence-electron chi connectivity index (χ2n) is 19.0. The molecule has 2 aromatic carbocycles. The minimum atomic E-state index is -5.08. The number of aliphatic imine (C=N–C) groups is 1. The van der Waals surface area contributed by atoms with E-state index in [9.17, 15) is 66.5 Å². The van der Waals surface area contributed by atoms with Gasteiger partial charge < -0.3 is 85.0 Å². The van der Waals surface area contributed by atoms with E-state index in [1.54, 1.807) is 44.3 Å². The summed E-state index contributed by atoms with van der Waals surface area (Å²) < 4.78 is 31.7. The number of phenols is 1. The van der Waals surface area contributed by atoms with Crippen molar-refractivity contribution in [2.24, 2.45) is 28.1 Å². The summed E-state index contributed by atoms with van der Waals surface area (Å²) in [5.74, 6) is -10.1. The molecule has 1 aliphatic heterocycles. The molecule has 1 saturated heterocycles. The van der Waals surface area contributed by atoms with Crippen LogP contribution in [0.25, 0.3) is 10.9 Å². The van der Waals surface area contributed by atoms with Gasteiger partial charge in [0.05, 0.1) is 19.5 Å². The van der Waals surface area contributed by atoms with E-state index in [0.29, 0.717) is 23.2 Å². The number of rotatable bonds is 28. The molecule has 31 heteroatoms. The average molecular weight is 1140 g/mol. The van der Waals surface area contributed by atoms with Gasteiger partial charge in [-0.05, 0) is 60.9 Å². The fourth-order valence-electron chi connectivity index (χ4n) is 8.03. The van der Waals surface area contributed by atoms with Crippen molar-refractivity contribution in [3.05, 3.63) is 84.1 Å². The van der Waals surface area contributed by atoms with Gasteiger partial charge >= 0.3 is 12.1 Å². The second kappa shape index (κ2) is 30.7. The Balaban J connectivity index is 0.00000189. The van der Waals surface area contributed by atoms with E-state index in [0.717, 1.165) is 10.9 Å². The van der Waals surface area contributed by atoms with Gasteiger partial charge in [-0.1, -0.05) is 44.2 Å². The summed E-state index contributed by atoms with van der Waals surface area (Å²) in [7, 11) is 0. The van der Waals surface area contributed by atoms with Crippen molar-refractivity contribution in [3.8, 4) is 5.75 Å². The summed E-state index contributed by atoms with van der Waals surface area (Å²) in [5, 5.41) is 48.8. The van der Waals surface area contributed by atoms with Crippen LogP contribution in [0.4, 0.5) is 13.2 Å². The molecule has 0 spiro atoms. The normalized spacial score (nSPS) is 15.1. The number of carboxylic acids is 1. The number of aromatic hydroxyl groups is 1. The third kappa shape index (κ3) is 21.5. The van der Waals surface area contributed by atoms with Crippen molar-refractivity contribution < 1.29 is 76.4 Å². The van der Waals surface area contributed by atoms with E-state index in [-0.39, 0.29) is 75.0 Å². The van der Waals surface area contributed by atoms with Gasteiger partial charge in [-0.25, -0.2) is 9.78 Å². The Morgan fingerprint density at radius 3 is 1.93 bits per heavy atom. The van der Waals surface area contributed by atoms with Crippen LogP contribution in [0.5, 0.6) is 5.75 Å². The summed E-state index contributed by atoms with van der Waals surface area (Å²) in [5.41, 5.74) is 18.5. The molecule has 0 saturated carbocycles. The maximum atomic E-state index is 14.3. The number of H-pyrrole nitrogens is 2. The summed E-state index contributed by atoms with van der Waals surface area (Å²) in [6, 6.07) is 3.78. The molecule has 5 rings (SSSR count). The average Bonchev–Trinajstić information content (AvgIpc) is 4.19. The van der Waals surface area contributed by atoms with E-state index >= 15 is 0 Å². The molecule has 4 aromatic rings. The van der Waals surface area contributed by atoms with Crippen molar-refractivity contribution in [1.82, 2.24) is 57.5 Å². The maximum Gasteiger partial charge on any atom is 0.490 e. The number of nitrogens with two attached hydrogens (primary N) is 3. The minimum Gasteiger partial charge on any atom is -0.508 e. The monoisotopic (exact) mass is 1140 g/mol. The van der Waals surface area contributed by atoms with Crippen molar-refractivity contribution >= 4 is 76.0 Å². The number of guanidine groups is 1. The zero-order chi connectivity index (χ0) is 60.0. The van der Waals surface area contributed by atoms with Crippen LogP contribution >= 0.6 is 0 Å². The van der Waals surface area contributed by atoms with Gasteiger partial charge in [-0.15, -0.1) is 0 Å². The molecule has 0 aliphatic carbocycles. The molecule has 0 radical (unpaired) electrons. The first kappa shape index (κ1) is 64.2. The number of alkyl halides is 3. The Hall–Kier alpha value is -9.29. The minimum absolute atomic E-state index is 0.0850. The lowest BCUT2D eigenvalue weighted by molar-refractivity contribution is -0.192. The highest BCUT2D eigenvalue weighted by molar-refractivity contribution is 5.98. The molecule has 81 heavy (non-hydrogen) atoms. The summed E-state index contributed by atoms with van der Waals surface area (Å²) >= 11 is 0. The number of benzene rings is 2. The number of primary amides is 1. The van der Waals surface area contributed by atoms with Crippen LogP contribution in [0.15, 0.2) is 72.2 Å². The maximum absolute atomic E-state index is 14.3. The lowest BCUT2D eigenvalue weighted by Gasteiger charge is -2.26. The van der Waals surface area contributed by atoms with E-state index in [1.807, 2.05) is 0 Å².